The van der Waals surface area contributed by atoms with Gasteiger partial charge in [-0.25, -0.2) is 19.7 Å². The minimum Gasteiger partial charge on any atom is -0.465 e. The third kappa shape index (κ3) is 6.17. The van der Waals surface area contributed by atoms with Gasteiger partial charge in [0.2, 0.25) is 12.7 Å². The Morgan fingerprint density at radius 2 is 2.00 bits per heavy atom. The number of aromatic nitrogens is 4. The number of likely N-dealkylation sites (tertiary alicyclic amines) is 1. The summed E-state index contributed by atoms with van der Waals surface area (Å²) >= 11 is 4.97. The first kappa shape index (κ1) is 29.2. The molecule has 0 saturated carbocycles. The number of nitrogens with two attached hydrogens (primary N) is 1. The number of nitrogens with zero attached hydrogens (tertiary/aromatic N) is 6. The number of imidazole rings is 1. The number of halogens is 1. The van der Waals surface area contributed by atoms with Gasteiger partial charge in [0.25, 0.3) is 0 Å². The molecule has 14 heteroatoms. The largest absolute Gasteiger partial charge is 0.465 e. The predicted molar refractivity (Wildman–Crippen MR) is 156 cm³/mol. The van der Waals surface area contributed by atoms with Gasteiger partial charge in [-0.15, -0.1) is 0 Å². The number of anilines is 1. The van der Waals surface area contributed by atoms with Gasteiger partial charge in [0.05, 0.1) is 6.33 Å². The van der Waals surface area contributed by atoms with E-state index in [0.29, 0.717) is 53.6 Å². The van der Waals surface area contributed by atoms with Crippen LogP contribution in [0, 0.1) is 5.92 Å². The van der Waals surface area contributed by atoms with Gasteiger partial charge in [0, 0.05) is 34.5 Å². The molecule has 0 radical (unpaired) electrons. The van der Waals surface area contributed by atoms with Crippen molar-refractivity contribution in [3.8, 4) is 23.0 Å². The highest BCUT2D eigenvalue weighted by Gasteiger charge is 2.37. The quantitative estimate of drug-likeness (QED) is 0.366. The Balaban J connectivity index is 1.27. The van der Waals surface area contributed by atoms with Crippen LogP contribution in [0.2, 0.25) is 0 Å². The highest BCUT2D eigenvalue weighted by molar-refractivity contribution is 9.10. The number of rotatable bonds is 7. The summed E-state index contributed by atoms with van der Waals surface area (Å²) in [6.07, 6.45) is 3.24. The van der Waals surface area contributed by atoms with E-state index in [1.165, 1.54) is 16.7 Å². The first-order valence-corrected chi connectivity index (χ1v) is 15.1. The van der Waals surface area contributed by atoms with Crippen LogP contribution in [0.5, 0.6) is 11.5 Å². The Morgan fingerprint density at radius 1 is 1.27 bits per heavy atom. The predicted octanol–water partition coefficient (Wildman–Crippen LogP) is 4.80. The first-order chi connectivity index (χ1) is 19.4. The fraction of sp³-hybridized carbons (Fsp3) is 0.519. The summed E-state index contributed by atoms with van der Waals surface area (Å²) in [4.78, 5) is 42.9. The van der Waals surface area contributed by atoms with Crippen molar-refractivity contribution in [2.24, 2.45) is 5.92 Å². The molecule has 1 fully saturated rings. The van der Waals surface area contributed by atoms with E-state index in [-0.39, 0.29) is 18.6 Å². The van der Waals surface area contributed by atoms with Crippen LogP contribution in [-0.4, -0.2) is 77.9 Å². The number of carbonyl (C=O) groups is 2. The Morgan fingerprint density at radius 3 is 2.71 bits per heavy atom. The molecule has 220 valence electrons. The molecule has 1 saturated heterocycles. The molecule has 2 atom stereocenters. The normalized spacial score (nSPS) is 17.6. The summed E-state index contributed by atoms with van der Waals surface area (Å²) in [6, 6.07) is 2.99. The van der Waals surface area contributed by atoms with E-state index in [0.717, 1.165) is 28.6 Å². The maximum absolute atomic E-state index is 13.3. The maximum atomic E-state index is 13.3. The van der Waals surface area contributed by atoms with Crippen LogP contribution in [0.15, 0.2) is 33.0 Å². The van der Waals surface area contributed by atoms with E-state index in [9.17, 15) is 14.7 Å². The van der Waals surface area contributed by atoms with Gasteiger partial charge in [0.1, 0.15) is 6.04 Å². The molecule has 5 rings (SSSR count). The molecule has 4 heterocycles. The molecule has 0 aliphatic carbocycles. The van der Waals surface area contributed by atoms with E-state index in [2.05, 4.69) is 25.9 Å². The average Bonchev–Trinajstić information content (AvgIpc) is 3.54. The molecule has 0 bridgehead atoms. The van der Waals surface area contributed by atoms with Gasteiger partial charge < -0.3 is 29.8 Å². The molecule has 1 aromatic rings. The van der Waals surface area contributed by atoms with Gasteiger partial charge in [-0.05, 0) is 92.7 Å². The van der Waals surface area contributed by atoms with Crippen LogP contribution < -0.4 is 15.2 Å². The molecule has 1 unspecified atom stereocenters. The lowest BCUT2D eigenvalue weighted by molar-refractivity contribution is -0.139. The molecule has 2 amide bonds. The lowest BCUT2D eigenvalue weighted by atomic mass is 9.94. The number of aryl methyl sites for hydroxylation is 1. The van der Waals surface area contributed by atoms with Crippen LogP contribution in [-0.2, 0) is 11.3 Å². The molecule has 0 aromatic heterocycles. The molecule has 12 nitrogen and oxygen atoms in total. The monoisotopic (exact) mass is 647 g/mol. The number of carboxylic acid groups (broad SMARTS) is 1. The second-order valence-corrected chi connectivity index (χ2v) is 13.2. The van der Waals surface area contributed by atoms with Crippen LogP contribution >= 0.6 is 27.7 Å². The van der Waals surface area contributed by atoms with E-state index in [1.54, 1.807) is 34.0 Å². The fourth-order valence-corrected chi connectivity index (χ4v) is 6.80. The van der Waals surface area contributed by atoms with E-state index < -0.39 is 17.7 Å². The lowest BCUT2D eigenvalue weighted by Gasteiger charge is -2.41. The van der Waals surface area contributed by atoms with Crippen molar-refractivity contribution >= 4 is 45.5 Å². The summed E-state index contributed by atoms with van der Waals surface area (Å²) in [5, 5.41) is 10.3. The standard InChI is InChI=1S/C27H34BrN7O5S/c1-15(35(26(37)38)27(2,3)4)24(36)33-8-5-6-16(12-33)7-9-34-13-30-22(29)21-23(34)32-25(31-21)41-20-11-19-18(10-17(20)28)39-14-40-19/h10-11,13,15-16H,5-9,12,14,29H2,1-4H3,(H,37,38)/t15-,16?/m1/s1. The van der Waals surface area contributed by atoms with Crippen LogP contribution in [0.3, 0.4) is 0 Å². The van der Waals surface area contributed by atoms with Crippen molar-refractivity contribution in [1.29, 1.82) is 0 Å². The zero-order valence-corrected chi connectivity index (χ0v) is 25.9. The van der Waals surface area contributed by atoms with Crippen LogP contribution in [0.4, 0.5) is 10.6 Å². The van der Waals surface area contributed by atoms with E-state index in [1.807, 2.05) is 21.6 Å². The number of carbonyl (C=O) groups excluding carboxylic acids is 1. The van der Waals surface area contributed by atoms with Gasteiger partial charge in [-0.2, -0.15) is 0 Å². The van der Waals surface area contributed by atoms with Crippen molar-refractivity contribution in [2.45, 2.75) is 75.1 Å². The SMILES string of the molecule is C[C@H](C(=O)N1CCCC(CCn2cnc(N)c3nc(Sc4cc5c(cc4Br)OCO5)nc2-3)C1)N(C(=O)O)C(C)(C)C. The number of hydrogen-bond acceptors (Lipinski definition) is 9. The van der Waals surface area contributed by atoms with Crippen molar-refractivity contribution in [3.05, 3.63) is 22.9 Å². The fourth-order valence-electron chi connectivity index (χ4n) is 5.45. The number of benzene rings is 1. The third-order valence-electron chi connectivity index (χ3n) is 7.38. The minimum atomic E-state index is -1.10. The van der Waals surface area contributed by atoms with Crippen molar-refractivity contribution in [3.63, 3.8) is 0 Å². The Labute approximate surface area is 251 Å². The molecule has 4 aliphatic heterocycles. The van der Waals surface area contributed by atoms with Crippen LogP contribution in [0.1, 0.15) is 47.0 Å². The average molecular weight is 649 g/mol. The van der Waals surface area contributed by atoms with Crippen molar-refractivity contribution in [2.75, 3.05) is 25.6 Å². The smallest absolute Gasteiger partial charge is 0.408 e. The molecule has 41 heavy (non-hydrogen) atoms. The van der Waals surface area contributed by atoms with Gasteiger partial charge in [0.15, 0.2) is 34.0 Å². The van der Waals surface area contributed by atoms with Crippen molar-refractivity contribution < 1.29 is 24.2 Å². The zero-order chi connectivity index (χ0) is 29.5. The Bertz CT molecular complexity index is 1430. The highest BCUT2D eigenvalue weighted by atomic mass is 79.9. The lowest BCUT2D eigenvalue weighted by Crippen LogP contribution is -2.57. The maximum Gasteiger partial charge on any atom is 0.408 e. The van der Waals surface area contributed by atoms with Crippen molar-refractivity contribution in [1.82, 2.24) is 29.3 Å². The number of hydrogen-bond donors (Lipinski definition) is 2. The number of ether oxygens (including phenoxy) is 2. The first-order valence-electron chi connectivity index (χ1n) is 13.5. The molecule has 1 aromatic carbocycles. The second-order valence-electron chi connectivity index (χ2n) is 11.3. The number of fused-ring (bicyclic) bond motifs is 2. The van der Waals surface area contributed by atoms with Gasteiger partial charge in [-0.1, -0.05) is 0 Å². The number of nitrogen functional groups attached to an aromatic ring is 1. The van der Waals surface area contributed by atoms with Gasteiger partial charge in [-0.3, -0.25) is 9.69 Å². The van der Waals surface area contributed by atoms with E-state index >= 15 is 0 Å². The summed E-state index contributed by atoms with van der Waals surface area (Å²) in [6.45, 7) is 9.10. The topological polar surface area (TPSA) is 149 Å². The second kappa shape index (κ2) is 11.6. The summed E-state index contributed by atoms with van der Waals surface area (Å²) in [5.41, 5.74) is 6.01. The summed E-state index contributed by atoms with van der Waals surface area (Å²) < 4.78 is 13.7. The molecule has 0 spiro atoms. The highest BCUT2D eigenvalue weighted by Crippen LogP contribution is 2.43. The zero-order valence-electron chi connectivity index (χ0n) is 23.5. The molecular formula is C27H34BrN7O5S. The summed E-state index contributed by atoms with van der Waals surface area (Å²) in [7, 11) is 0. The number of amides is 2. The summed E-state index contributed by atoms with van der Waals surface area (Å²) in [5.74, 6) is 2.42. The van der Waals surface area contributed by atoms with Crippen LogP contribution in [0.25, 0.3) is 11.5 Å². The van der Waals surface area contributed by atoms with E-state index in [4.69, 9.17) is 20.2 Å². The van der Waals surface area contributed by atoms with Gasteiger partial charge >= 0.3 is 6.09 Å². The molecule has 4 aliphatic rings. The number of piperidine rings is 1. The molecular weight excluding hydrogens is 614 g/mol. The Hall–Kier alpha value is -3.26. The molecule has 3 N–H and O–H groups in total. The Kier molecular flexibility index (Phi) is 8.24. The third-order valence-corrected chi connectivity index (χ3v) is 9.22. The minimum absolute atomic E-state index is 0.158.